The molecule has 6 heteroatoms. The Morgan fingerprint density at radius 3 is 2.56 bits per heavy atom. The lowest BCUT2D eigenvalue weighted by Gasteiger charge is -2.06. The SMILES string of the molecule is Cc1nn(-c2ccccc2)c2sc(C(=O)NCCOc3ccccc3)cc12. The van der Waals surface area contributed by atoms with Gasteiger partial charge < -0.3 is 10.1 Å². The molecule has 0 saturated heterocycles. The van der Waals surface area contributed by atoms with Crippen molar-refractivity contribution in [1.82, 2.24) is 15.1 Å². The van der Waals surface area contributed by atoms with E-state index in [1.807, 2.05) is 78.3 Å². The molecular weight excluding hydrogens is 358 g/mol. The molecule has 0 spiro atoms. The molecule has 0 aliphatic carbocycles. The van der Waals surface area contributed by atoms with E-state index in [0.717, 1.165) is 27.3 Å². The average Bonchev–Trinajstić information content (AvgIpc) is 3.27. The number of benzene rings is 2. The highest BCUT2D eigenvalue weighted by Crippen LogP contribution is 2.30. The second-order valence-electron chi connectivity index (χ2n) is 6.08. The first-order valence-corrected chi connectivity index (χ1v) is 9.54. The molecule has 0 radical (unpaired) electrons. The Hall–Kier alpha value is -3.12. The van der Waals surface area contributed by atoms with Gasteiger partial charge >= 0.3 is 0 Å². The summed E-state index contributed by atoms with van der Waals surface area (Å²) in [5, 5.41) is 8.53. The van der Waals surface area contributed by atoms with Gasteiger partial charge in [-0.05, 0) is 37.3 Å². The largest absolute Gasteiger partial charge is 0.492 e. The Balaban J connectivity index is 1.45. The van der Waals surface area contributed by atoms with E-state index in [2.05, 4.69) is 10.4 Å². The Labute approximate surface area is 161 Å². The van der Waals surface area contributed by atoms with E-state index in [1.54, 1.807) is 0 Å². The van der Waals surface area contributed by atoms with E-state index >= 15 is 0 Å². The second kappa shape index (κ2) is 7.63. The number of ether oxygens (including phenoxy) is 1. The number of amides is 1. The molecule has 0 fully saturated rings. The number of carbonyl (C=O) groups excluding carboxylic acids is 1. The first-order chi connectivity index (χ1) is 13.2. The van der Waals surface area contributed by atoms with Crippen LogP contribution >= 0.6 is 11.3 Å². The zero-order chi connectivity index (χ0) is 18.6. The van der Waals surface area contributed by atoms with Gasteiger partial charge in [-0.3, -0.25) is 4.79 Å². The van der Waals surface area contributed by atoms with Crippen molar-refractivity contribution in [1.29, 1.82) is 0 Å². The topological polar surface area (TPSA) is 56.2 Å². The maximum atomic E-state index is 12.5. The van der Waals surface area contributed by atoms with Crippen molar-refractivity contribution in [3.8, 4) is 11.4 Å². The van der Waals surface area contributed by atoms with E-state index in [4.69, 9.17) is 4.74 Å². The lowest BCUT2D eigenvalue weighted by atomic mass is 10.3. The highest BCUT2D eigenvalue weighted by Gasteiger charge is 2.16. The number of rotatable bonds is 6. The maximum absolute atomic E-state index is 12.5. The molecule has 0 aliphatic heterocycles. The van der Waals surface area contributed by atoms with Gasteiger partial charge in [0.2, 0.25) is 0 Å². The smallest absolute Gasteiger partial charge is 0.261 e. The molecule has 27 heavy (non-hydrogen) atoms. The summed E-state index contributed by atoms with van der Waals surface area (Å²) >= 11 is 1.45. The van der Waals surface area contributed by atoms with E-state index in [1.165, 1.54) is 11.3 Å². The van der Waals surface area contributed by atoms with Gasteiger partial charge in [0, 0.05) is 5.39 Å². The van der Waals surface area contributed by atoms with E-state index in [-0.39, 0.29) is 5.91 Å². The zero-order valence-corrected chi connectivity index (χ0v) is 15.7. The van der Waals surface area contributed by atoms with Crippen LogP contribution in [-0.4, -0.2) is 28.8 Å². The first-order valence-electron chi connectivity index (χ1n) is 8.73. The lowest BCUT2D eigenvalue weighted by molar-refractivity contribution is 0.0951. The Bertz CT molecular complexity index is 1060. The summed E-state index contributed by atoms with van der Waals surface area (Å²) in [6, 6.07) is 21.4. The van der Waals surface area contributed by atoms with Gasteiger partial charge in [0.1, 0.15) is 17.2 Å². The number of thiophene rings is 1. The van der Waals surface area contributed by atoms with Crippen LogP contribution < -0.4 is 10.1 Å². The predicted octanol–water partition coefficient (Wildman–Crippen LogP) is 4.20. The minimum atomic E-state index is -0.0909. The molecule has 0 aliphatic rings. The van der Waals surface area contributed by atoms with Crippen molar-refractivity contribution in [2.45, 2.75) is 6.92 Å². The molecule has 136 valence electrons. The number of para-hydroxylation sites is 2. The molecule has 2 aromatic heterocycles. The zero-order valence-electron chi connectivity index (χ0n) is 14.9. The Morgan fingerprint density at radius 1 is 1.11 bits per heavy atom. The quantitative estimate of drug-likeness (QED) is 0.512. The van der Waals surface area contributed by atoms with E-state index in [9.17, 15) is 4.79 Å². The number of hydrogen-bond donors (Lipinski definition) is 1. The number of aryl methyl sites for hydroxylation is 1. The number of nitrogens with one attached hydrogen (secondary N) is 1. The van der Waals surface area contributed by atoms with Crippen molar-refractivity contribution in [3.63, 3.8) is 0 Å². The van der Waals surface area contributed by atoms with Gasteiger partial charge in [-0.1, -0.05) is 36.4 Å². The number of hydrogen-bond acceptors (Lipinski definition) is 4. The normalized spacial score (nSPS) is 10.9. The fourth-order valence-corrected chi connectivity index (χ4v) is 3.94. The molecule has 0 unspecified atom stereocenters. The molecule has 1 N–H and O–H groups in total. The lowest BCUT2D eigenvalue weighted by Crippen LogP contribution is -2.27. The van der Waals surface area contributed by atoms with E-state index in [0.29, 0.717) is 18.0 Å². The third-order valence-electron chi connectivity index (χ3n) is 4.17. The Morgan fingerprint density at radius 2 is 1.81 bits per heavy atom. The third-order valence-corrected chi connectivity index (χ3v) is 5.28. The fraction of sp³-hybridized carbons (Fsp3) is 0.143. The standard InChI is InChI=1S/C21H19N3O2S/c1-15-18-14-19(20(25)22-12-13-26-17-10-6-3-7-11-17)27-21(18)24(23-15)16-8-4-2-5-9-16/h2-11,14H,12-13H2,1H3,(H,22,25). The van der Waals surface area contributed by atoms with Gasteiger partial charge in [0.25, 0.3) is 5.91 Å². The van der Waals surface area contributed by atoms with Crippen LogP contribution in [0.15, 0.2) is 66.7 Å². The van der Waals surface area contributed by atoms with Crippen LogP contribution in [0.5, 0.6) is 5.75 Å². The molecule has 0 saturated carbocycles. The van der Waals surface area contributed by atoms with Crippen LogP contribution in [0.3, 0.4) is 0 Å². The minimum absolute atomic E-state index is 0.0909. The van der Waals surface area contributed by atoms with E-state index < -0.39 is 0 Å². The molecular formula is C21H19N3O2S. The minimum Gasteiger partial charge on any atom is -0.492 e. The fourth-order valence-electron chi connectivity index (χ4n) is 2.84. The third kappa shape index (κ3) is 3.71. The molecule has 2 aromatic carbocycles. The van der Waals surface area contributed by atoms with Crippen LogP contribution in [0.1, 0.15) is 15.4 Å². The molecule has 1 amide bonds. The van der Waals surface area contributed by atoms with Crippen molar-refractivity contribution in [3.05, 3.63) is 77.3 Å². The van der Waals surface area contributed by atoms with Crippen molar-refractivity contribution >= 4 is 27.5 Å². The van der Waals surface area contributed by atoms with Gasteiger partial charge in [-0.15, -0.1) is 11.3 Å². The van der Waals surface area contributed by atoms with Crippen molar-refractivity contribution in [2.75, 3.05) is 13.2 Å². The number of aromatic nitrogens is 2. The van der Waals surface area contributed by atoms with Gasteiger partial charge in [0.15, 0.2) is 0 Å². The first kappa shape index (κ1) is 17.3. The van der Waals surface area contributed by atoms with Crippen LogP contribution in [0, 0.1) is 6.92 Å². The number of carbonyl (C=O) groups is 1. The number of nitrogens with zero attached hydrogens (tertiary/aromatic N) is 2. The summed E-state index contributed by atoms with van der Waals surface area (Å²) < 4.78 is 7.50. The van der Waals surface area contributed by atoms with Crippen LogP contribution in [0.2, 0.25) is 0 Å². The molecule has 0 atom stereocenters. The summed E-state index contributed by atoms with van der Waals surface area (Å²) in [4.78, 5) is 14.1. The van der Waals surface area contributed by atoms with Crippen LogP contribution in [0.25, 0.3) is 15.9 Å². The second-order valence-corrected chi connectivity index (χ2v) is 7.11. The number of fused-ring (bicyclic) bond motifs is 1. The molecule has 0 bridgehead atoms. The van der Waals surface area contributed by atoms with Crippen LogP contribution in [-0.2, 0) is 0 Å². The maximum Gasteiger partial charge on any atom is 0.261 e. The summed E-state index contributed by atoms with van der Waals surface area (Å²) in [5.74, 6) is 0.707. The summed E-state index contributed by atoms with van der Waals surface area (Å²) in [6.07, 6.45) is 0. The Kier molecular flexibility index (Phi) is 4.89. The van der Waals surface area contributed by atoms with Gasteiger partial charge in [0.05, 0.1) is 22.8 Å². The highest BCUT2D eigenvalue weighted by atomic mass is 32.1. The molecule has 4 rings (SSSR count). The average molecular weight is 377 g/mol. The predicted molar refractivity (Wildman–Crippen MR) is 108 cm³/mol. The summed E-state index contributed by atoms with van der Waals surface area (Å²) in [5.41, 5.74) is 1.90. The monoisotopic (exact) mass is 377 g/mol. The summed E-state index contributed by atoms with van der Waals surface area (Å²) in [7, 11) is 0. The molecule has 4 aromatic rings. The molecule has 5 nitrogen and oxygen atoms in total. The van der Waals surface area contributed by atoms with Crippen molar-refractivity contribution in [2.24, 2.45) is 0 Å². The van der Waals surface area contributed by atoms with Gasteiger partial charge in [-0.25, -0.2) is 4.68 Å². The van der Waals surface area contributed by atoms with Crippen molar-refractivity contribution < 1.29 is 9.53 Å². The van der Waals surface area contributed by atoms with Crippen LogP contribution in [0.4, 0.5) is 0 Å². The molecule has 2 heterocycles. The highest BCUT2D eigenvalue weighted by molar-refractivity contribution is 7.20. The summed E-state index contributed by atoms with van der Waals surface area (Å²) in [6.45, 7) is 2.84. The van der Waals surface area contributed by atoms with Gasteiger partial charge in [-0.2, -0.15) is 5.10 Å².